The van der Waals surface area contributed by atoms with Gasteiger partial charge in [0.25, 0.3) is 11.8 Å². The molecule has 24 heavy (non-hydrogen) atoms. The van der Waals surface area contributed by atoms with Crippen molar-refractivity contribution in [3.05, 3.63) is 28.8 Å². The number of ketones is 1. The molecule has 9 heteroatoms. The van der Waals surface area contributed by atoms with E-state index in [1.807, 2.05) is 0 Å². The van der Waals surface area contributed by atoms with Gasteiger partial charge in [-0.2, -0.15) is 0 Å². The summed E-state index contributed by atoms with van der Waals surface area (Å²) in [6.07, 6.45) is -0.0551. The maximum Gasteiger partial charge on any atom is 0.306 e. The predicted octanol–water partition coefficient (Wildman–Crippen LogP) is 1.02. The van der Waals surface area contributed by atoms with E-state index in [4.69, 9.17) is 16.3 Å². The standard InChI is InChI=1S/C15H17ClN2O6/c1-9(19)3-6-14(21)24-8-13(20)17-18-15(22)11-7-10(16)4-5-12(11)23-2/h4-5,7H,3,6,8H2,1-2H3,(H,17,20)(H,18,22). The molecule has 8 nitrogen and oxygen atoms in total. The number of carbonyl (C=O) groups is 4. The molecule has 1 rings (SSSR count). The van der Waals surface area contributed by atoms with Gasteiger partial charge in [0.1, 0.15) is 11.5 Å². The smallest absolute Gasteiger partial charge is 0.306 e. The molecule has 0 aliphatic heterocycles. The number of nitrogens with one attached hydrogen (secondary N) is 2. The van der Waals surface area contributed by atoms with Gasteiger partial charge < -0.3 is 14.3 Å². The van der Waals surface area contributed by atoms with Crippen LogP contribution in [-0.4, -0.2) is 37.3 Å². The lowest BCUT2D eigenvalue weighted by Crippen LogP contribution is -2.43. The zero-order valence-electron chi connectivity index (χ0n) is 13.2. The molecule has 130 valence electrons. The fourth-order valence-corrected chi connectivity index (χ4v) is 1.76. The molecule has 0 aliphatic carbocycles. The highest BCUT2D eigenvalue weighted by Crippen LogP contribution is 2.22. The van der Waals surface area contributed by atoms with Gasteiger partial charge in [-0.05, 0) is 25.1 Å². The molecule has 1 aromatic carbocycles. The number of benzene rings is 1. The van der Waals surface area contributed by atoms with Crippen LogP contribution in [-0.2, 0) is 19.1 Å². The second-order valence-electron chi connectivity index (χ2n) is 4.71. The second kappa shape index (κ2) is 9.51. The number of halogens is 1. The molecule has 0 fully saturated rings. The molecule has 2 amide bonds. The monoisotopic (exact) mass is 356 g/mol. The Morgan fingerprint density at radius 1 is 1.12 bits per heavy atom. The minimum Gasteiger partial charge on any atom is -0.496 e. The number of methoxy groups -OCH3 is 1. The fraction of sp³-hybridized carbons (Fsp3) is 0.333. The van der Waals surface area contributed by atoms with E-state index in [1.54, 1.807) is 6.07 Å². The number of esters is 1. The van der Waals surface area contributed by atoms with Crippen molar-refractivity contribution in [1.29, 1.82) is 0 Å². The molecule has 0 spiro atoms. The van der Waals surface area contributed by atoms with Crippen molar-refractivity contribution >= 4 is 35.2 Å². The Morgan fingerprint density at radius 3 is 2.46 bits per heavy atom. The van der Waals surface area contributed by atoms with Crippen LogP contribution in [0.5, 0.6) is 5.75 Å². The van der Waals surface area contributed by atoms with Crippen molar-refractivity contribution in [2.24, 2.45) is 0 Å². The van der Waals surface area contributed by atoms with Crippen LogP contribution in [0, 0.1) is 0 Å². The highest BCUT2D eigenvalue weighted by Gasteiger charge is 2.14. The van der Waals surface area contributed by atoms with Crippen molar-refractivity contribution in [2.75, 3.05) is 13.7 Å². The van der Waals surface area contributed by atoms with Crippen LogP contribution in [0.1, 0.15) is 30.1 Å². The van der Waals surface area contributed by atoms with Crippen LogP contribution in [0.25, 0.3) is 0 Å². The summed E-state index contributed by atoms with van der Waals surface area (Å²) in [4.78, 5) is 45.5. The number of Topliss-reactive ketones (excluding diaryl/α,β-unsaturated/α-hetero) is 1. The Balaban J connectivity index is 2.44. The third kappa shape index (κ3) is 6.66. The summed E-state index contributed by atoms with van der Waals surface area (Å²) >= 11 is 5.81. The van der Waals surface area contributed by atoms with E-state index in [-0.39, 0.29) is 29.9 Å². The number of hydrogen-bond donors (Lipinski definition) is 2. The van der Waals surface area contributed by atoms with E-state index in [2.05, 4.69) is 15.6 Å². The largest absolute Gasteiger partial charge is 0.496 e. The number of hydrogen-bond acceptors (Lipinski definition) is 6. The zero-order valence-corrected chi connectivity index (χ0v) is 13.9. The van der Waals surface area contributed by atoms with Gasteiger partial charge in [0, 0.05) is 11.4 Å². The van der Waals surface area contributed by atoms with Crippen molar-refractivity contribution in [3.63, 3.8) is 0 Å². The van der Waals surface area contributed by atoms with Gasteiger partial charge in [0.15, 0.2) is 6.61 Å². The van der Waals surface area contributed by atoms with E-state index >= 15 is 0 Å². The topological polar surface area (TPSA) is 111 Å². The van der Waals surface area contributed by atoms with Gasteiger partial charge >= 0.3 is 5.97 Å². The summed E-state index contributed by atoms with van der Waals surface area (Å²) in [5.41, 5.74) is 4.37. The van der Waals surface area contributed by atoms with E-state index in [0.717, 1.165) is 0 Å². The van der Waals surface area contributed by atoms with Crippen LogP contribution >= 0.6 is 11.6 Å². The van der Waals surface area contributed by atoms with E-state index in [9.17, 15) is 19.2 Å². The summed E-state index contributed by atoms with van der Waals surface area (Å²) in [5, 5.41) is 0.326. The average molecular weight is 357 g/mol. The molecule has 1 aromatic rings. The second-order valence-corrected chi connectivity index (χ2v) is 5.15. The molecule has 0 aliphatic rings. The molecule has 0 unspecified atom stereocenters. The van der Waals surface area contributed by atoms with Crippen molar-refractivity contribution in [3.8, 4) is 5.75 Å². The Bertz CT molecular complexity index is 647. The molecule has 0 saturated carbocycles. The molecule has 0 bridgehead atoms. The lowest BCUT2D eigenvalue weighted by atomic mass is 10.2. The number of rotatable bonds is 7. The average Bonchev–Trinajstić information content (AvgIpc) is 2.55. The molecule has 0 atom stereocenters. The van der Waals surface area contributed by atoms with Gasteiger partial charge in [-0.3, -0.25) is 25.2 Å². The Morgan fingerprint density at radius 2 is 1.83 bits per heavy atom. The molecule has 0 aromatic heterocycles. The SMILES string of the molecule is COc1ccc(Cl)cc1C(=O)NNC(=O)COC(=O)CCC(C)=O. The summed E-state index contributed by atoms with van der Waals surface area (Å²) in [5.74, 6) is -1.93. The van der Waals surface area contributed by atoms with E-state index < -0.39 is 24.4 Å². The lowest BCUT2D eigenvalue weighted by Gasteiger charge is -2.11. The maximum absolute atomic E-state index is 12.0. The maximum atomic E-state index is 12.0. The van der Waals surface area contributed by atoms with Gasteiger partial charge in [0.2, 0.25) is 0 Å². The Kier molecular flexibility index (Phi) is 7.70. The molecule has 0 heterocycles. The third-order valence-electron chi connectivity index (χ3n) is 2.77. The zero-order chi connectivity index (χ0) is 18.1. The lowest BCUT2D eigenvalue weighted by molar-refractivity contribution is -0.149. The first-order valence-corrected chi connectivity index (χ1v) is 7.29. The normalized spacial score (nSPS) is 9.79. The number of ether oxygens (including phenoxy) is 2. The van der Waals surface area contributed by atoms with Crippen LogP contribution in [0.15, 0.2) is 18.2 Å². The van der Waals surface area contributed by atoms with Crippen LogP contribution < -0.4 is 15.6 Å². The quantitative estimate of drug-likeness (QED) is 0.557. The predicted molar refractivity (Wildman–Crippen MR) is 84.5 cm³/mol. The molecular weight excluding hydrogens is 340 g/mol. The van der Waals surface area contributed by atoms with Crippen molar-refractivity contribution in [1.82, 2.24) is 10.9 Å². The Hall–Kier alpha value is -2.61. The minimum atomic E-state index is -0.736. The number of carbonyl (C=O) groups excluding carboxylic acids is 4. The summed E-state index contributed by atoms with van der Waals surface area (Å²) in [6.45, 7) is 0.767. The van der Waals surface area contributed by atoms with Gasteiger partial charge in [-0.1, -0.05) is 11.6 Å². The molecule has 0 saturated heterocycles. The van der Waals surface area contributed by atoms with Crippen LogP contribution in [0.2, 0.25) is 5.02 Å². The first-order valence-electron chi connectivity index (χ1n) is 6.91. The third-order valence-corrected chi connectivity index (χ3v) is 3.00. The Labute approximate surface area is 143 Å². The first kappa shape index (κ1) is 19.4. The summed E-state index contributed by atoms with van der Waals surface area (Å²) in [6, 6.07) is 4.44. The summed E-state index contributed by atoms with van der Waals surface area (Å²) in [7, 11) is 1.39. The minimum absolute atomic E-state index is 0.0474. The highest BCUT2D eigenvalue weighted by atomic mass is 35.5. The first-order chi connectivity index (χ1) is 11.3. The van der Waals surface area contributed by atoms with Gasteiger partial charge in [0.05, 0.1) is 19.1 Å². The number of hydrazine groups is 1. The van der Waals surface area contributed by atoms with Crippen molar-refractivity contribution < 1.29 is 28.7 Å². The van der Waals surface area contributed by atoms with E-state index in [0.29, 0.717) is 5.02 Å². The highest BCUT2D eigenvalue weighted by molar-refractivity contribution is 6.31. The fourth-order valence-electron chi connectivity index (χ4n) is 1.58. The molecule has 2 N–H and O–H groups in total. The molecular formula is C15H17ClN2O6. The van der Waals surface area contributed by atoms with Crippen molar-refractivity contribution in [2.45, 2.75) is 19.8 Å². The van der Waals surface area contributed by atoms with Crippen LogP contribution in [0.3, 0.4) is 0 Å². The number of amides is 2. The van der Waals surface area contributed by atoms with Gasteiger partial charge in [-0.25, -0.2) is 0 Å². The van der Waals surface area contributed by atoms with Gasteiger partial charge in [-0.15, -0.1) is 0 Å². The van der Waals surface area contributed by atoms with Crippen LogP contribution in [0.4, 0.5) is 0 Å². The summed E-state index contributed by atoms with van der Waals surface area (Å²) < 4.78 is 9.68. The molecule has 0 radical (unpaired) electrons. The van der Waals surface area contributed by atoms with E-state index in [1.165, 1.54) is 26.2 Å².